The van der Waals surface area contributed by atoms with Gasteiger partial charge in [-0.1, -0.05) is 23.2 Å². The van der Waals surface area contributed by atoms with Crippen LogP contribution in [0.3, 0.4) is 0 Å². The van der Waals surface area contributed by atoms with Crippen molar-refractivity contribution in [1.29, 1.82) is 0 Å². The average molecular weight is 435 g/mol. The summed E-state index contributed by atoms with van der Waals surface area (Å²) in [5.41, 5.74) is 0.270. The zero-order valence-corrected chi connectivity index (χ0v) is 16.4. The van der Waals surface area contributed by atoms with Crippen LogP contribution in [0.1, 0.15) is 23.2 Å². The van der Waals surface area contributed by atoms with Crippen molar-refractivity contribution in [2.45, 2.75) is 19.5 Å². The monoisotopic (exact) mass is 434 g/mol. The van der Waals surface area contributed by atoms with Crippen LogP contribution >= 0.6 is 23.2 Å². The van der Waals surface area contributed by atoms with Crippen LogP contribution in [-0.2, 0) is 0 Å². The number of hydrogen-bond acceptors (Lipinski definition) is 4. The number of allylic oxidation sites excluding steroid dienone is 1. The number of amides is 1. The number of likely N-dealkylation sites (N-methyl/N-ethyl adjacent to an activating group) is 1. The molecule has 1 heterocycles. The van der Waals surface area contributed by atoms with E-state index in [2.05, 4.69) is 10.1 Å². The van der Waals surface area contributed by atoms with Gasteiger partial charge >= 0.3 is 6.61 Å². The maximum absolute atomic E-state index is 12.6. The predicted molar refractivity (Wildman–Crippen MR) is 100.0 cm³/mol. The molecule has 1 aromatic carbocycles. The van der Waals surface area contributed by atoms with Crippen molar-refractivity contribution in [2.75, 3.05) is 20.2 Å². The molecule has 0 saturated heterocycles. The van der Waals surface area contributed by atoms with Crippen molar-refractivity contribution < 1.29 is 27.7 Å². The van der Waals surface area contributed by atoms with Crippen molar-refractivity contribution >= 4 is 29.1 Å². The molecule has 1 aliphatic heterocycles. The maximum atomic E-state index is 12.6. The van der Waals surface area contributed by atoms with Gasteiger partial charge in [0.05, 0.1) is 24.4 Å². The molecule has 1 aromatic rings. The Kier molecular flexibility index (Phi) is 6.14. The Morgan fingerprint density at radius 2 is 2.07 bits per heavy atom. The van der Waals surface area contributed by atoms with Gasteiger partial charge in [-0.25, -0.2) is 0 Å². The zero-order chi connectivity index (χ0) is 20.5. The summed E-state index contributed by atoms with van der Waals surface area (Å²) in [6, 6.07) is 3.88. The van der Waals surface area contributed by atoms with E-state index < -0.39 is 17.2 Å². The first-order chi connectivity index (χ1) is 13.1. The van der Waals surface area contributed by atoms with Crippen LogP contribution in [0.25, 0.3) is 0 Å². The van der Waals surface area contributed by atoms with Gasteiger partial charge in [0.25, 0.3) is 5.91 Å². The normalized spacial score (nSPS) is 22.2. The molecule has 1 amide bonds. The molecule has 1 unspecified atom stereocenters. The van der Waals surface area contributed by atoms with Gasteiger partial charge in [-0.3, -0.25) is 4.79 Å². The quantitative estimate of drug-likeness (QED) is 0.513. The summed E-state index contributed by atoms with van der Waals surface area (Å²) >= 11 is 12.2. The molecular weight excluding hydrogens is 417 g/mol. The van der Waals surface area contributed by atoms with Crippen molar-refractivity contribution in [3.05, 3.63) is 50.9 Å². The highest BCUT2D eigenvalue weighted by atomic mass is 35.5. The van der Waals surface area contributed by atoms with Crippen molar-refractivity contribution in [2.24, 2.45) is 5.92 Å². The van der Waals surface area contributed by atoms with Crippen molar-refractivity contribution in [3.8, 4) is 11.5 Å². The van der Waals surface area contributed by atoms with Crippen molar-refractivity contribution in [3.63, 3.8) is 0 Å². The summed E-state index contributed by atoms with van der Waals surface area (Å²) in [6.07, 6.45) is 3.24. The Labute approximate surface area is 170 Å². The minimum Gasteiger partial charge on any atom is -0.628 e. The lowest BCUT2D eigenvalue weighted by Crippen LogP contribution is -2.38. The van der Waals surface area contributed by atoms with E-state index in [4.69, 9.17) is 27.9 Å². The molecule has 0 aromatic heterocycles. The number of hydrogen-bond donors (Lipinski definition) is 1. The molecular formula is C18H18Cl2F2N2O4. The van der Waals surface area contributed by atoms with Crippen LogP contribution < -0.4 is 14.8 Å². The first kappa shape index (κ1) is 20.9. The molecule has 10 heteroatoms. The fourth-order valence-electron chi connectivity index (χ4n) is 2.60. The standard InChI is InChI=1S/C18H18Cl2F2N2O4/c1-24(26)7-12(19)16(13(20)8-24)23-17(25)11-4-5-14(28-18(21)22)15(6-11)27-9-10-2-3-10/h4-7,10,18H,2-3,8-9H2,1H3,(H,23,25). The largest absolute Gasteiger partial charge is 0.628 e. The first-order valence-corrected chi connectivity index (χ1v) is 9.27. The second-order valence-electron chi connectivity index (χ2n) is 6.84. The van der Waals surface area contributed by atoms with Gasteiger partial charge in [0, 0.05) is 5.56 Å². The fourth-order valence-corrected chi connectivity index (χ4v) is 3.40. The third-order valence-corrected chi connectivity index (χ3v) is 4.78. The van der Waals surface area contributed by atoms with Gasteiger partial charge in [0.2, 0.25) is 0 Å². The van der Waals surface area contributed by atoms with Gasteiger partial charge in [0.1, 0.15) is 17.8 Å². The number of benzene rings is 1. The Bertz CT molecular complexity index is 839. The van der Waals surface area contributed by atoms with Gasteiger partial charge in [-0.05, 0) is 37.0 Å². The molecule has 6 nitrogen and oxygen atoms in total. The number of nitrogens with zero attached hydrogens (tertiary/aromatic N) is 1. The van der Waals surface area contributed by atoms with Gasteiger partial charge in [-0.2, -0.15) is 8.78 Å². The number of rotatable bonds is 7. The van der Waals surface area contributed by atoms with E-state index in [1.807, 2.05) is 0 Å². The lowest BCUT2D eigenvalue weighted by Gasteiger charge is -2.37. The molecule has 1 saturated carbocycles. The summed E-state index contributed by atoms with van der Waals surface area (Å²) in [6.45, 7) is -2.74. The molecule has 0 spiro atoms. The molecule has 1 N–H and O–H groups in total. The van der Waals surface area contributed by atoms with Crippen molar-refractivity contribution in [1.82, 2.24) is 5.32 Å². The Morgan fingerprint density at radius 1 is 1.36 bits per heavy atom. The number of ether oxygens (including phenoxy) is 2. The number of nitrogens with one attached hydrogen (secondary N) is 1. The molecule has 152 valence electrons. The molecule has 0 bridgehead atoms. The number of halogens is 4. The number of carbonyl (C=O) groups is 1. The topological polar surface area (TPSA) is 70.6 Å². The second kappa shape index (κ2) is 8.24. The second-order valence-corrected chi connectivity index (χ2v) is 7.70. The first-order valence-electron chi connectivity index (χ1n) is 8.51. The van der Waals surface area contributed by atoms with E-state index in [1.165, 1.54) is 31.4 Å². The smallest absolute Gasteiger partial charge is 0.387 e. The van der Waals surface area contributed by atoms with E-state index >= 15 is 0 Å². The number of alkyl halides is 2. The lowest BCUT2D eigenvalue weighted by atomic mass is 10.1. The molecule has 3 rings (SSSR count). The predicted octanol–water partition coefficient (Wildman–Crippen LogP) is 4.30. The molecule has 1 aliphatic carbocycles. The molecule has 2 aliphatic rings. The molecule has 0 radical (unpaired) electrons. The average Bonchev–Trinajstić information content (AvgIpc) is 3.40. The minimum absolute atomic E-state index is 0.0185. The van der Waals surface area contributed by atoms with Crippen LogP contribution in [0.15, 0.2) is 40.2 Å². The van der Waals surface area contributed by atoms with E-state index in [0.29, 0.717) is 12.5 Å². The van der Waals surface area contributed by atoms with Crippen LogP contribution in [0.4, 0.5) is 8.78 Å². The summed E-state index contributed by atoms with van der Waals surface area (Å²) < 4.78 is 34.4. The Balaban J connectivity index is 1.79. The summed E-state index contributed by atoms with van der Waals surface area (Å²) in [4.78, 5) is 12.6. The van der Waals surface area contributed by atoms with E-state index in [-0.39, 0.29) is 39.4 Å². The number of carbonyl (C=O) groups excluding carboxylic acids is 1. The van der Waals surface area contributed by atoms with Gasteiger partial charge in [0.15, 0.2) is 11.5 Å². The highest BCUT2D eigenvalue weighted by Crippen LogP contribution is 2.34. The van der Waals surface area contributed by atoms with Gasteiger partial charge in [-0.15, -0.1) is 0 Å². The minimum atomic E-state index is -3.02. The zero-order valence-electron chi connectivity index (χ0n) is 14.9. The highest BCUT2D eigenvalue weighted by Gasteiger charge is 2.26. The highest BCUT2D eigenvalue weighted by molar-refractivity contribution is 6.36. The number of quaternary nitrogens is 1. The maximum Gasteiger partial charge on any atom is 0.387 e. The lowest BCUT2D eigenvalue weighted by molar-refractivity contribution is -0.802. The van der Waals surface area contributed by atoms with E-state index in [0.717, 1.165) is 12.8 Å². The molecule has 1 fully saturated rings. The Hall–Kier alpha value is -1.87. The third-order valence-electron chi connectivity index (χ3n) is 4.18. The SMILES string of the molecule is C[N+]1([O-])C=C(Cl)C(NC(=O)c2ccc(OC(F)F)c(OCC3CC3)c2)=C(Cl)C1. The van der Waals surface area contributed by atoms with E-state index in [9.17, 15) is 18.8 Å². The third kappa shape index (κ3) is 5.35. The van der Waals surface area contributed by atoms with Crippen LogP contribution in [0.2, 0.25) is 0 Å². The van der Waals surface area contributed by atoms with Gasteiger partial charge < -0.3 is 24.6 Å². The Morgan fingerprint density at radius 3 is 2.68 bits per heavy atom. The van der Waals surface area contributed by atoms with Crippen LogP contribution in [-0.4, -0.2) is 37.4 Å². The van der Waals surface area contributed by atoms with Crippen LogP contribution in [0.5, 0.6) is 11.5 Å². The summed E-state index contributed by atoms with van der Waals surface area (Å²) in [5, 5.41) is 14.7. The van der Waals surface area contributed by atoms with Crippen LogP contribution in [0, 0.1) is 11.1 Å². The summed E-state index contributed by atoms with van der Waals surface area (Å²) in [5.74, 6) is -0.304. The summed E-state index contributed by atoms with van der Waals surface area (Å²) in [7, 11) is 1.37. The fraction of sp³-hybridized carbons (Fsp3) is 0.389. The molecule has 1 atom stereocenters. The number of hydroxylamine groups is 3. The van der Waals surface area contributed by atoms with E-state index in [1.54, 1.807) is 0 Å². The molecule has 28 heavy (non-hydrogen) atoms.